The van der Waals surface area contributed by atoms with E-state index < -0.39 is 0 Å². The van der Waals surface area contributed by atoms with Gasteiger partial charge < -0.3 is 14.8 Å². The molecule has 0 aliphatic heterocycles. The van der Waals surface area contributed by atoms with Crippen LogP contribution in [0.15, 0.2) is 65.1 Å². The summed E-state index contributed by atoms with van der Waals surface area (Å²) in [6.07, 6.45) is 0. The van der Waals surface area contributed by atoms with Crippen molar-refractivity contribution in [3.63, 3.8) is 0 Å². The maximum absolute atomic E-state index is 12.2. The number of nitrogens with zero attached hydrogens (tertiary/aromatic N) is 4. The van der Waals surface area contributed by atoms with Gasteiger partial charge in [0.05, 0.1) is 19.2 Å². The average Bonchev–Trinajstić information content (AvgIpc) is 3.19. The summed E-state index contributed by atoms with van der Waals surface area (Å²) in [5, 5.41) is 15.7. The maximum Gasteiger partial charge on any atom is 0.251 e. The highest BCUT2D eigenvalue weighted by Crippen LogP contribution is 2.28. The Hall–Kier alpha value is -3.46. The molecule has 9 heteroatoms. The molecule has 152 valence electrons. The third-order valence-corrected chi connectivity index (χ3v) is 4.80. The number of hydrogen-bond acceptors (Lipinski definition) is 6. The number of benzene rings is 2. The molecule has 4 aromatic rings. The number of methoxy groups -OCH3 is 1. The second kappa shape index (κ2) is 8.91. The second-order valence-corrected chi connectivity index (χ2v) is 7.20. The van der Waals surface area contributed by atoms with Crippen LogP contribution in [0, 0.1) is 0 Å². The highest BCUT2D eigenvalue weighted by molar-refractivity contribution is 9.10. The Balaban J connectivity index is 1.43. The standard InChI is InChI=1S/C21H18BrN5O3/c1-29-17-8-3-2-7-16(17)20-25-24-18-9-10-19(26-27(18)20)30-12-11-23-21(28)14-5-4-6-15(22)13-14/h2-10,13H,11-12H2,1H3,(H,23,28). The van der Waals surface area contributed by atoms with Gasteiger partial charge in [-0.15, -0.1) is 15.3 Å². The highest BCUT2D eigenvalue weighted by atomic mass is 79.9. The third kappa shape index (κ3) is 4.25. The molecule has 0 atom stereocenters. The van der Waals surface area contributed by atoms with Gasteiger partial charge in [-0.1, -0.05) is 34.1 Å². The molecule has 30 heavy (non-hydrogen) atoms. The summed E-state index contributed by atoms with van der Waals surface area (Å²) in [6, 6.07) is 18.2. The first kappa shape index (κ1) is 19.8. The summed E-state index contributed by atoms with van der Waals surface area (Å²) in [5.74, 6) is 1.46. The largest absolute Gasteiger partial charge is 0.496 e. The molecule has 0 aliphatic carbocycles. The first-order valence-corrected chi connectivity index (χ1v) is 9.97. The van der Waals surface area contributed by atoms with E-state index >= 15 is 0 Å². The van der Waals surface area contributed by atoms with E-state index in [-0.39, 0.29) is 12.5 Å². The summed E-state index contributed by atoms with van der Waals surface area (Å²) in [6.45, 7) is 0.608. The van der Waals surface area contributed by atoms with Crippen molar-refractivity contribution in [2.45, 2.75) is 0 Å². The molecule has 0 saturated carbocycles. The van der Waals surface area contributed by atoms with E-state index in [4.69, 9.17) is 9.47 Å². The molecular weight excluding hydrogens is 450 g/mol. The molecule has 0 aliphatic rings. The van der Waals surface area contributed by atoms with Crippen LogP contribution in [0.1, 0.15) is 10.4 Å². The molecule has 0 fully saturated rings. The van der Waals surface area contributed by atoms with Crippen LogP contribution in [-0.2, 0) is 0 Å². The van der Waals surface area contributed by atoms with E-state index in [1.54, 1.807) is 35.9 Å². The van der Waals surface area contributed by atoms with Gasteiger partial charge in [0.25, 0.3) is 5.91 Å². The Labute approximate surface area is 181 Å². The first-order chi connectivity index (χ1) is 14.7. The van der Waals surface area contributed by atoms with Crippen molar-refractivity contribution < 1.29 is 14.3 Å². The zero-order valence-electron chi connectivity index (χ0n) is 16.1. The number of carbonyl (C=O) groups excluding carboxylic acids is 1. The Bertz CT molecular complexity index is 1190. The second-order valence-electron chi connectivity index (χ2n) is 6.28. The van der Waals surface area contributed by atoms with Crippen LogP contribution < -0.4 is 14.8 Å². The van der Waals surface area contributed by atoms with E-state index in [1.165, 1.54) is 0 Å². The average molecular weight is 468 g/mol. The molecular formula is C21H18BrN5O3. The van der Waals surface area contributed by atoms with E-state index in [0.717, 1.165) is 10.0 Å². The van der Waals surface area contributed by atoms with Crippen LogP contribution in [0.5, 0.6) is 11.6 Å². The van der Waals surface area contributed by atoms with E-state index in [0.29, 0.717) is 35.2 Å². The van der Waals surface area contributed by atoms with Gasteiger partial charge in [-0.2, -0.15) is 4.52 Å². The van der Waals surface area contributed by atoms with Gasteiger partial charge in [0.1, 0.15) is 12.4 Å². The normalized spacial score (nSPS) is 10.7. The van der Waals surface area contributed by atoms with Crippen molar-refractivity contribution in [3.8, 4) is 23.0 Å². The maximum atomic E-state index is 12.2. The molecule has 4 rings (SSSR count). The first-order valence-electron chi connectivity index (χ1n) is 9.18. The quantitative estimate of drug-likeness (QED) is 0.419. The molecule has 0 spiro atoms. The number of amides is 1. The minimum atomic E-state index is -0.166. The fourth-order valence-electron chi connectivity index (χ4n) is 2.90. The molecule has 8 nitrogen and oxygen atoms in total. The highest BCUT2D eigenvalue weighted by Gasteiger charge is 2.14. The van der Waals surface area contributed by atoms with Crippen molar-refractivity contribution in [3.05, 3.63) is 70.7 Å². The van der Waals surface area contributed by atoms with Crippen LogP contribution in [0.4, 0.5) is 0 Å². The van der Waals surface area contributed by atoms with E-state index in [2.05, 4.69) is 36.5 Å². The minimum absolute atomic E-state index is 0.166. The fourth-order valence-corrected chi connectivity index (χ4v) is 3.30. The molecule has 2 aromatic carbocycles. The summed E-state index contributed by atoms with van der Waals surface area (Å²) in [4.78, 5) is 12.2. The van der Waals surface area contributed by atoms with Gasteiger partial charge >= 0.3 is 0 Å². The lowest BCUT2D eigenvalue weighted by Crippen LogP contribution is -2.28. The lowest BCUT2D eigenvalue weighted by atomic mass is 10.2. The predicted octanol–water partition coefficient (Wildman–Crippen LogP) is 3.37. The number of rotatable bonds is 7. The monoisotopic (exact) mass is 467 g/mol. The molecule has 2 aromatic heterocycles. The van der Waals surface area contributed by atoms with Crippen molar-refractivity contribution >= 4 is 27.5 Å². The van der Waals surface area contributed by atoms with Gasteiger partial charge in [0.2, 0.25) is 5.88 Å². The Kier molecular flexibility index (Phi) is 5.89. The Morgan fingerprint density at radius 3 is 2.80 bits per heavy atom. The summed E-state index contributed by atoms with van der Waals surface area (Å²) < 4.78 is 13.6. The number of hydrogen-bond donors (Lipinski definition) is 1. The lowest BCUT2D eigenvalue weighted by Gasteiger charge is -2.09. The number of carbonyl (C=O) groups is 1. The summed E-state index contributed by atoms with van der Waals surface area (Å²) >= 11 is 3.36. The van der Waals surface area contributed by atoms with Gasteiger partial charge in [-0.3, -0.25) is 4.79 Å². The van der Waals surface area contributed by atoms with Crippen molar-refractivity contribution in [1.82, 2.24) is 25.1 Å². The fraction of sp³-hybridized carbons (Fsp3) is 0.143. The van der Waals surface area contributed by atoms with Crippen LogP contribution in [0.3, 0.4) is 0 Å². The smallest absolute Gasteiger partial charge is 0.251 e. The molecule has 0 radical (unpaired) electrons. The zero-order chi connectivity index (χ0) is 20.9. The molecule has 2 heterocycles. The number of halogens is 1. The minimum Gasteiger partial charge on any atom is -0.496 e. The lowest BCUT2D eigenvalue weighted by molar-refractivity contribution is 0.0946. The SMILES string of the molecule is COc1ccccc1-c1nnc2ccc(OCCNC(=O)c3cccc(Br)c3)nn12. The number of fused-ring (bicyclic) bond motifs is 1. The molecule has 0 unspecified atom stereocenters. The number of nitrogens with one attached hydrogen (secondary N) is 1. The van der Waals surface area contributed by atoms with E-state index in [9.17, 15) is 4.79 Å². The number of ether oxygens (including phenoxy) is 2. The molecule has 0 bridgehead atoms. The van der Waals surface area contributed by atoms with Crippen LogP contribution in [-0.4, -0.2) is 46.0 Å². The third-order valence-electron chi connectivity index (χ3n) is 4.31. The van der Waals surface area contributed by atoms with E-state index in [1.807, 2.05) is 36.4 Å². The van der Waals surface area contributed by atoms with Crippen LogP contribution >= 0.6 is 15.9 Å². The Morgan fingerprint density at radius 1 is 1.10 bits per heavy atom. The topological polar surface area (TPSA) is 90.6 Å². The predicted molar refractivity (Wildman–Crippen MR) is 115 cm³/mol. The van der Waals surface area contributed by atoms with Gasteiger partial charge in [-0.25, -0.2) is 0 Å². The number of para-hydroxylation sites is 1. The van der Waals surface area contributed by atoms with Gasteiger partial charge in [0.15, 0.2) is 11.5 Å². The van der Waals surface area contributed by atoms with Gasteiger partial charge in [-0.05, 0) is 36.4 Å². The van der Waals surface area contributed by atoms with Crippen LogP contribution in [0.25, 0.3) is 17.0 Å². The molecule has 0 saturated heterocycles. The van der Waals surface area contributed by atoms with Crippen molar-refractivity contribution in [2.24, 2.45) is 0 Å². The molecule has 1 N–H and O–H groups in total. The zero-order valence-corrected chi connectivity index (χ0v) is 17.7. The molecule has 1 amide bonds. The summed E-state index contributed by atoms with van der Waals surface area (Å²) in [5.41, 5.74) is 1.94. The van der Waals surface area contributed by atoms with Gasteiger partial charge in [0, 0.05) is 16.1 Å². The Morgan fingerprint density at radius 2 is 1.97 bits per heavy atom. The van der Waals surface area contributed by atoms with Crippen molar-refractivity contribution in [2.75, 3.05) is 20.3 Å². The van der Waals surface area contributed by atoms with Crippen molar-refractivity contribution in [1.29, 1.82) is 0 Å². The number of aromatic nitrogens is 4. The van der Waals surface area contributed by atoms with Crippen LogP contribution in [0.2, 0.25) is 0 Å². The summed E-state index contributed by atoms with van der Waals surface area (Å²) in [7, 11) is 1.60.